The van der Waals surface area contributed by atoms with Gasteiger partial charge in [0.1, 0.15) is 0 Å². The highest BCUT2D eigenvalue weighted by Gasteiger charge is 2.25. The number of hydrogen-bond donors (Lipinski definition) is 1. The molecule has 0 aliphatic rings. The molecule has 0 radical (unpaired) electrons. The molecule has 78 valence electrons. The van der Waals surface area contributed by atoms with Crippen LogP contribution in [0.15, 0.2) is 22.7 Å². The van der Waals surface area contributed by atoms with Gasteiger partial charge in [-0.2, -0.15) is 0 Å². The summed E-state index contributed by atoms with van der Waals surface area (Å²) in [6, 6.07) is 5.44. The second-order valence-electron chi connectivity index (χ2n) is 4.43. The van der Waals surface area contributed by atoms with E-state index in [4.69, 9.17) is 11.6 Å². The molecule has 0 heterocycles. The number of rotatable bonds is 1. The lowest BCUT2D eigenvalue weighted by Crippen LogP contribution is -2.18. The SMILES string of the molecule is CC(C)(C)C(O)c1ccc(Cl)cc1Br. The Kier molecular flexibility index (Phi) is 3.62. The van der Waals surface area contributed by atoms with Crippen LogP contribution >= 0.6 is 27.5 Å². The molecule has 0 fully saturated rings. The number of aliphatic hydroxyl groups excluding tert-OH is 1. The van der Waals surface area contributed by atoms with Gasteiger partial charge in [-0.05, 0) is 23.1 Å². The Bertz CT molecular complexity index is 331. The molecule has 1 nitrogen and oxygen atoms in total. The summed E-state index contributed by atoms with van der Waals surface area (Å²) < 4.78 is 0.854. The lowest BCUT2D eigenvalue weighted by molar-refractivity contribution is 0.0621. The molecule has 0 bridgehead atoms. The minimum atomic E-state index is -0.492. The Labute approximate surface area is 98.2 Å². The van der Waals surface area contributed by atoms with Crippen molar-refractivity contribution in [2.24, 2.45) is 5.41 Å². The zero-order chi connectivity index (χ0) is 10.9. The normalized spacial score (nSPS) is 14.1. The number of halogens is 2. The van der Waals surface area contributed by atoms with Crippen LogP contribution in [-0.4, -0.2) is 5.11 Å². The van der Waals surface area contributed by atoms with E-state index in [1.54, 1.807) is 12.1 Å². The van der Waals surface area contributed by atoms with Crippen molar-refractivity contribution >= 4 is 27.5 Å². The highest BCUT2D eigenvalue weighted by molar-refractivity contribution is 9.10. The van der Waals surface area contributed by atoms with Crippen LogP contribution in [0.2, 0.25) is 5.02 Å². The quantitative estimate of drug-likeness (QED) is 0.816. The lowest BCUT2D eigenvalue weighted by Gasteiger charge is -2.27. The molecule has 1 rings (SSSR count). The second-order valence-corrected chi connectivity index (χ2v) is 5.73. The van der Waals surface area contributed by atoms with E-state index >= 15 is 0 Å². The summed E-state index contributed by atoms with van der Waals surface area (Å²) in [4.78, 5) is 0. The van der Waals surface area contributed by atoms with Gasteiger partial charge in [0, 0.05) is 9.50 Å². The maximum absolute atomic E-state index is 10.1. The minimum absolute atomic E-state index is 0.170. The van der Waals surface area contributed by atoms with Crippen LogP contribution < -0.4 is 0 Å². The van der Waals surface area contributed by atoms with E-state index < -0.39 is 6.10 Å². The van der Waals surface area contributed by atoms with Gasteiger partial charge in [0.2, 0.25) is 0 Å². The Balaban J connectivity index is 3.08. The molecular weight excluding hydrogens is 263 g/mol. The van der Waals surface area contributed by atoms with Crippen LogP contribution in [0.5, 0.6) is 0 Å². The van der Waals surface area contributed by atoms with Crippen LogP contribution in [0, 0.1) is 5.41 Å². The molecule has 0 amide bonds. The van der Waals surface area contributed by atoms with Gasteiger partial charge in [-0.15, -0.1) is 0 Å². The smallest absolute Gasteiger partial charge is 0.0849 e. The van der Waals surface area contributed by atoms with Crippen molar-refractivity contribution in [3.63, 3.8) is 0 Å². The molecule has 0 saturated heterocycles. The summed E-state index contributed by atoms with van der Waals surface area (Å²) >= 11 is 9.22. The molecule has 1 unspecified atom stereocenters. The molecule has 0 aliphatic carbocycles. The van der Waals surface area contributed by atoms with E-state index in [9.17, 15) is 5.11 Å². The molecule has 3 heteroatoms. The van der Waals surface area contributed by atoms with Crippen molar-refractivity contribution in [1.82, 2.24) is 0 Å². The van der Waals surface area contributed by atoms with Crippen LogP contribution in [0.3, 0.4) is 0 Å². The zero-order valence-electron chi connectivity index (χ0n) is 8.51. The number of hydrogen-bond acceptors (Lipinski definition) is 1. The largest absolute Gasteiger partial charge is 0.388 e. The first kappa shape index (κ1) is 12.0. The van der Waals surface area contributed by atoms with Crippen LogP contribution in [-0.2, 0) is 0 Å². The van der Waals surface area contributed by atoms with Gasteiger partial charge in [-0.1, -0.05) is 54.4 Å². The molecular formula is C11H14BrClO. The first-order valence-electron chi connectivity index (χ1n) is 4.45. The molecule has 0 aliphatic heterocycles. The third kappa shape index (κ3) is 2.72. The monoisotopic (exact) mass is 276 g/mol. The molecule has 1 aromatic carbocycles. The Morgan fingerprint density at radius 1 is 1.36 bits per heavy atom. The molecule has 1 N–H and O–H groups in total. The molecule has 1 atom stereocenters. The van der Waals surface area contributed by atoms with E-state index in [1.807, 2.05) is 26.8 Å². The first-order chi connectivity index (χ1) is 6.32. The fraction of sp³-hybridized carbons (Fsp3) is 0.455. The summed E-state index contributed by atoms with van der Waals surface area (Å²) in [6.45, 7) is 6.00. The van der Waals surface area contributed by atoms with Gasteiger partial charge in [-0.25, -0.2) is 0 Å². The second kappa shape index (κ2) is 4.21. The molecule has 1 aromatic rings. The number of aliphatic hydroxyl groups is 1. The fourth-order valence-corrected chi connectivity index (χ4v) is 2.09. The first-order valence-corrected chi connectivity index (χ1v) is 5.62. The summed E-state index contributed by atoms with van der Waals surface area (Å²) in [5.41, 5.74) is 0.706. The van der Waals surface area contributed by atoms with Gasteiger partial charge in [0.05, 0.1) is 6.10 Å². The van der Waals surface area contributed by atoms with Crippen molar-refractivity contribution < 1.29 is 5.11 Å². The van der Waals surface area contributed by atoms with Gasteiger partial charge in [-0.3, -0.25) is 0 Å². The molecule has 0 aromatic heterocycles. The van der Waals surface area contributed by atoms with Crippen LogP contribution in [0.1, 0.15) is 32.4 Å². The Morgan fingerprint density at radius 2 is 1.93 bits per heavy atom. The third-order valence-corrected chi connectivity index (χ3v) is 3.00. The minimum Gasteiger partial charge on any atom is -0.388 e. The van der Waals surface area contributed by atoms with Crippen LogP contribution in [0.4, 0.5) is 0 Å². The standard InChI is InChI=1S/C11H14BrClO/c1-11(2,3)10(14)8-5-4-7(13)6-9(8)12/h4-6,10,14H,1-3H3. The fourth-order valence-electron chi connectivity index (χ4n) is 1.19. The molecule has 0 spiro atoms. The highest BCUT2D eigenvalue weighted by Crippen LogP contribution is 2.36. The van der Waals surface area contributed by atoms with Crippen LogP contribution in [0.25, 0.3) is 0 Å². The molecule has 14 heavy (non-hydrogen) atoms. The Morgan fingerprint density at radius 3 is 2.36 bits per heavy atom. The summed E-state index contributed by atoms with van der Waals surface area (Å²) in [6.07, 6.45) is -0.492. The molecule has 0 saturated carbocycles. The lowest BCUT2D eigenvalue weighted by atomic mass is 9.85. The van der Waals surface area contributed by atoms with Crippen molar-refractivity contribution in [3.8, 4) is 0 Å². The third-order valence-electron chi connectivity index (χ3n) is 2.08. The van der Waals surface area contributed by atoms with E-state index in [0.717, 1.165) is 10.0 Å². The van der Waals surface area contributed by atoms with E-state index in [0.29, 0.717) is 5.02 Å². The van der Waals surface area contributed by atoms with Crippen molar-refractivity contribution in [2.75, 3.05) is 0 Å². The Hall–Kier alpha value is -0.0500. The van der Waals surface area contributed by atoms with Crippen molar-refractivity contribution in [1.29, 1.82) is 0 Å². The van der Waals surface area contributed by atoms with Gasteiger partial charge in [0.25, 0.3) is 0 Å². The zero-order valence-corrected chi connectivity index (χ0v) is 10.9. The summed E-state index contributed by atoms with van der Waals surface area (Å²) in [5, 5.41) is 10.7. The van der Waals surface area contributed by atoms with E-state index in [-0.39, 0.29) is 5.41 Å². The number of benzene rings is 1. The maximum Gasteiger partial charge on any atom is 0.0849 e. The van der Waals surface area contributed by atoms with Gasteiger partial charge < -0.3 is 5.11 Å². The topological polar surface area (TPSA) is 20.2 Å². The van der Waals surface area contributed by atoms with Gasteiger partial charge >= 0.3 is 0 Å². The maximum atomic E-state index is 10.1. The predicted octanol–water partition coefficient (Wildman–Crippen LogP) is 4.18. The summed E-state index contributed by atoms with van der Waals surface area (Å²) in [7, 11) is 0. The average Bonchev–Trinajstić information content (AvgIpc) is 2.01. The highest BCUT2D eigenvalue weighted by atomic mass is 79.9. The van der Waals surface area contributed by atoms with Crippen molar-refractivity contribution in [2.45, 2.75) is 26.9 Å². The van der Waals surface area contributed by atoms with E-state index in [1.165, 1.54) is 0 Å². The summed E-state index contributed by atoms with van der Waals surface area (Å²) in [5.74, 6) is 0. The van der Waals surface area contributed by atoms with Gasteiger partial charge in [0.15, 0.2) is 0 Å². The average molecular weight is 278 g/mol. The predicted molar refractivity (Wildman–Crippen MR) is 63.6 cm³/mol. The van der Waals surface area contributed by atoms with Crippen molar-refractivity contribution in [3.05, 3.63) is 33.3 Å². The van der Waals surface area contributed by atoms with E-state index in [2.05, 4.69) is 15.9 Å².